The van der Waals surface area contributed by atoms with Gasteiger partial charge < -0.3 is 0 Å². The Morgan fingerprint density at radius 3 is 0.968 bits per heavy atom. The number of rotatable bonds is 6. The van der Waals surface area contributed by atoms with Gasteiger partial charge in [-0.05, 0) is 77.9 Å². The standard InChI is InChI=1S/C56H40N4Si2/c1-5-23-41(24-6-1)61(42-25-7-2-8-26-42)51-37-19-15-33-47(51)59(48-34-16-20-38-52(48)61)55-45-31-13-14-32-46(45)57-56(58-55)60-49-35-17-21-39-53(49)62(43-27-9-3-10-28-43,44-29-11-4-12-30-44)54-40-22-18-36-50(54)60/h1-40H. The van der Waals surface area contributed by atoms with Crippen LogP contribution in [0.15, 0.2) is 243 Å². The van der Waals surface area contributed by atoms with Gasteiger partial charge >= 0.3 is 0 Å². The van der Waals surface area contributed by atoms with Crippen molar-refractivity contribution in [2.24, 2.45) is 0 Å². The van der Waals surface area contributed by atoms with Gasteiger partial charge in [0.1, 0.15) is 0 Å². The molecule has 0 bridgehead atoms. The van der Waals surface area contributed by atoms with Gasteiger partial charge in [-0.1, -0.05) is 206 Å². The highest BCUT2D eigenvalue weighted by Gasteiger charge is 2.51. The van der Waals surface area contributed by atoms with Gasteiger partial charge in [0.15, 0.2) is 22.0 Å². The largest absolute Gasteiger partial charge is 0.295 e. The summed E-state index contributed by atoms with van der Waals surface area (Å²) in [6.45, 7) is 0. The van der Waals surface area contributed by atoms with E-state index >= 15 is 0 Å². The van der Waals surface area contributed by atoms with Crippen molar-refractivity contribution in [3.63, 3.8) is 0 Å². The predicted octanol–water partition coefficient (Wildman–Crippen LogP) is 7.95. The van der Waals surface area contributed by atoms with Crippen LogP contribution in [0.5, 0.6) is 0 Å². The van der Waals surface area contributed by atoms with Crippen molar-refractivity contribution in [2.45, 2.75) is 0 Å². The van der Waals surface area contributed by atoms with Crippen LogP contribution in [-0.2, 0) is 0 Å². The van der Waals surface area contributed by atoms with Gasteiger partial charge in [-0.3, -0.25) is 9.80 Å². The molecule has 292 valence electrons. The van der Waals surface area contributed by atoms with Gasteiger partial charge in [0, 0.05) is 28.1 Å². The molecular weight excluding hydrogens is 785 g/mol. The van der Waals surface area contributed by atoms with E-state index in [-0.39, 0.29) is 0 Å². The van der Waals surface area contributed by atoms with E-state index in [4.69, 9.17) is 9.97 Å². The Morgan fingerprint density at radius 2 is 0.581 bits per heavy atom. The number of hydrogen-bond acceptors (Lipinski definition) is 4. The molecule has 0 unspecified atom stereocenters. The van der Waals surface area contributed by atoms with Gasteiger partial charge in [0.05, 0.1) is 5.52 Å². The second-order valence-corrected chi connectivity index (χ2v) is 23.5. The molecule has 0 saturated heterocycles. The molecule has 4 nitrogen and oxygen atoms in total. The van der Waals surface area contributed by atoms with E-state index in [2.05, 4.69) is 252 Å². The van der Waals surface area contributed by atoms with Crippen LogP contribution in [0, 0.1) is 0 Å². The monoisotopic (exact) mass is 824 g/mol. The zero-order valence-electron chi connectivity index (χ0n) is 33.9. The molecule has 6 heteroatoms. The molecule has 3 heterocycles. The van der Waals surface area contributed by atoms with Crippen molar-refractivity contribution in [3.05, 3.63) is 243 Å². The first-order valence-corrected chi connectivity index (χ1v) is 25.3. The highest BCUT2D eigenvalue weighted by molar-refractivity contribution is 7.22. The molecule has 62 heavy (non-hydrogen) atoms. The summed E-state index contributed by atoms with van der Waals surface area (Å²) in [4.78, 5) is 16.0. The van der Waals surface area contributed by atoms with E-state index in [1.165, 1.54) is 41.5 Å². The maximum absolute atomic E-state index is 5.80. The summed E-state index contributed by atoms with van der Waals surface area (Å²) in [6, 6.07) is 89.2. The number of hydrogen-bond donors (Lipinski definition) is 0. The molecule has 2 aliphatic heterocycles. The minimum Gasteiger partial charge on any atom is -0.295 e. The van der Waals surface area contributed by atoms with E-state index in [1.54, 1.807) is 0 Å². The molecule has 0 saturated carbocycles. The smallest absolute Gasteiger partial charge is 0.237 e. The number of nitrogens with zero attached hydrogens (tertiary/aromatic N) is 4. The quantitative estimate of drug-likeness (QED) is 0.160. The first-order valence-electron chi connectivity index (χ1n) is 21.3. The fraction of sp³-hybridized carbons (Fsp3) is 0. The zero-order chi connectivity index (χ0) is 41.1. The molecule has 0 fully saturated rings. The van der Waals surface area contributed by atoms with Crippen molar-refractivity contribution < 1.29 is 0 Å². The number of para-hydroxylation sites is 5. The second-order valence-electron chi connectivity index (χ2n) is 16.1. The number of benzene rings is 9. The highest BCUT2D eigenvalue weighted by Crippen LogP contribution is 2.43. The molecule has 0 N–H and O–H groups in total. The topological polar surface area (TPSA) is 32.3 Å². The lowest BCUT2D eigenvalue weighted by Gasteiger charge is -2.45. The van der Waals surface area contributed by atoms with Crippen LogP contribution in [0.3, 0.4) is 0 Å². The molecule has 0 atom stereocenters. The fourth-order valence-electron chi connectivity index (χ4n) is 10.6. The third kappa shape index (κ3) is 5.17. The van der Waals surface area contributed by atoms with Crippen LogP contribution in [0.4, 0.5) is 34.5 Å². The molecule has 0 amide bonds. The number of aromatic nitrogens is 2. The summed E-state index contributed by atoms with van der Waals surface area (Å²) < 4.78 is 0. The van der Waals surface area contributed by atoms with Crippen LogP contribution >= 0.6 is 0 Å². The van der Waals surface area contributed by atoms with Crippen molar-refractivity contribution in [1.82, 2.24) is 9.97 Å². The summed E-state index contributed by atoms with van der Waals surface area (Å²) in [7, 11) is -5.66. The molecular formula is C56H40N4Si2. The molecule has 9 aromatic carbocycles. The lowest BCUT2D eigenvalue weighted by atomic mass is 10.1. The summed E-state index contributed by atoms with van der Waals surface area (Å²) in [5, 5.41) is 11.7. The number of anilines is 6. The second kappa shape index (κ2) is 14.5. The molecule has 2 aliphatic rings. The third-order valence-electron chi connectivity index (χ3n) is 13.0. The van der Waals surface area contributed by atoms with Crippen LogP contribution in [0.25, 0.3) is 10.9 Å². The Kier molecular flexibility index (Phi) is 8.48. The zero-order valence-corrected chi connectivity index (χ0v) is 35.9. The lowest BCUT2D eigenvalue weighted by Crippen LogP contribution is -2.77. The van der Waals surface area contributed by atoms with E-state index in [0.717, 1.165) is 39.5 Å². The molecule has 0 aliphatic carbocycles. The molecule has 12 rings (SSSR count). The normalized spacial score (nSPS) is 14.3. The van der Waals surface area contributed by atoms with E-state index in [1.807, 2.05) is 0 Å². The lowest BCUT2D eigenvalue weighted by molar-refractivity contribution is 1.09. The Hall–Kier alpha value is -7.65. The van der Waals surface area contributed by atoms with Gasteiger partial charge in [0.2, 0.25) is 5.95 Å². The number of fused-ring (bicyclic) bond motifs is 5. The van der Waals surface area contributed by atoms with Crippen LogP contribution in [-0.4, -0.2) is 26.1 Å². The van der Waals surface area contributed by atoms with Crippen molar-refractivity contribution >= 4 is 103 Å². The summed E-state index contributed by atoms with van der Waals surface area (Å²) in [5.74, 6) is 1.49. The summed E-state index contributed by atoms with van der Waals surface area (Å²) in [6.07, 6.45) is 0. The van der Waals surface area contributed by atoms with Crippen molar-refractivity contribution in [3.8, 4) is 0 Å². The van der Waals surface area contributed by atoms with Gasteiger partial charge in [-0.25, -0.2) is 4.98 Å². The summed E-state index contributed by atoms with van der Waals surface area (Å²) >= 11 is 0. The Labute approximate surface area is 363 Å². The molecule has 0 spiro atoms. The fourth-order valence-corrected chi connectivity index (χ4v) is 20.8. The van der Waals surface area contributed by atoms with Crippen molar-refractivity contribution in [2.75, 3.05) is 9.80 Å². The maximum atomic E-state index is 5.80. The van der Waals surface area contributed by atoms with Gasteiger partial charge in [-0.2, -0.15) is 4.98 Å². The average Bonchev–Trinajstić information content (AvgIpc) is 3.35. The third-order valence-corrected chi connectivity index (χ3v) is 22.7. The SMILES string of the molecule is c1ccc([Si]2(c3ccccc3)c3ccccc3N(c3nc(N4c5ccccc5[Si](c5ccccc5)(c5ccccc5)c5ccccc54)c4ccccc4n3)c3ccccc32)cc1. The van der Waals surface area contributed by atoms with Crippen molar-refractivity contribution in [1.29, 1.82) is 0 Å². The predicted molar refractivity (Wildman–Crippen MR) is 263 cm³/mol. The first-order chi connectivity index (χ1) is 30.8. The Bertz CT molecular complexity index is 3090. The van der Waals surface area contributed by atoms with Crippen LogP contribution in [0.2, 0.25) is 0 Å². The molecule has 1 aromatic heterocycles. The van der Waals surface area contributed by atoms with Crippen LogP contribution < -0.4 is 51.3 Å². The van der Waals surface area contributed by atoms with Gasteiger partial charge in [0.25, 0.3) is 0 Å². The van der Waals surface area contributed by atoms with E-state index < -0.39 is 16.1 Å². The minimum absolute atomic E-state index is 0.637. The first kappa shape index (κ1) is 36.2. The molecule has 0 radical (unpaired) electrons. The van der Waals surface area contributed by atoms with E-state index in [9.17, 15) is 0 Å². The minimum atomic E-state index is -2.83. The Balaban J connectivity index is 1.14. The highest BCUT2D eigenvalue weighted by atomic mass is 28.3. The summed E-state index contributed by atoms with van der Waals surface area (Å²) in [5.41, 5.74) is 5.37. The van der Waals surface area contributed by atoms with E-state index in [0.29, 0.717) is 5.95 Å². The maximum Gasteiger partial charge on any atom is 0.237 e. The van der Waals surface area contributed by atoms with Crippen LogP contribution in [0.1, 0.15) is 0 Å². The molecule has 10 aromatic rings. The average molecular weight is 825 g/mol. The van der Waals surface area contributed by atoms with Gasteiger partial charge in [-0.15, -0.1) is 0 Å². The Morgan fingerprint density at radius 1 is 0.274 bits per heavy atom.